The lowest BCUT2D eigenvalue weighted by Crippen LogP contribution is -2.49. The van der Waals surface area contributed by atoms with Gasteiger partial charge < -0.3 is 19.9 Å². The first-order chi connectivity index (χ1) is 17.9. The first-order valence-electron chi connectivity index (χ1n) is 11.8. The molecule has 4 rings (SSSR count). The molecule has 1 unspecified atom stereocenters. The van der Waals surface area contributed by atoms with Crippen molar-refractivity contribution >= 4 is 17.5 Å². The van der Waals surface area contributed by atoms with E-state index in [-0.39, 0.29) is 37.4 Å². The van der Waals surface area contributed by atoms with Gasteiger partial charge in [-0.1, -0.05) is 0 Å². The number of carbonyl (C=O) groups is 1. The lowest BCUT2D eigenvalue weighted by atomic mass is 10.1. The van der Waals surface area contributed by atoms with Crippen LogP contribution >= 0.6 is 0 Å². The van der Waals surface area contributed by atoms with Gasteiger partial charge in [-0.25, -0.2) is 15.1 Å². The Balaban J connectivity index is 1.22. The minimum absolute atomic E-state index is 0.0427. The van der Waals surface area contributed by atoms with Gasteiger partial charge in [0.1, 0.15) is 5.56 Å². The van der Waals surface area contributed by atoms with Gasteiger partial charge in [-0.3, -0.25) is 9.59 Å². The van der Waals surface area contributed by atoms with E-state index in [1.165, 1.54) is 0 Å². The van der Waals surface area contributed by atoms with Gasteiger partial charge in [-0.05, 0) is 18.8 Å². The minimum Gasteiger partial charge on any atom is -0.379 e. The van der Waals surface area contributed by atoms with E-state index in [2.05, 4.69) is 20.4 Å². The molecule has 0 aromatic carbocycles. The van der Waals surface area contributed by atoms with E-state index in [4.69, 9.17) is 4.74 Å². The molecule has 1 saturated carbocycles. The van der Waals surface area contributed by atoms with Gasteiger partial charge in [0.15, 0.2) is 0 Å². The number of hydrogen-bond acceptors (Lipinski definition) is 8. The van der Waals surface area contributed by atoms with Crippen LogP contribution < -0.4 is 15.8 Å². The Bertz CT molecular complexity index is 1160. The highest BCUT2D eigenvalue weighted by Crippen LogP contribution is 2.37. The van der Waals surface area contributed by atoms with Gasteiger partial charge in [-0.15, -0.1) is 0 Å². The largest absolute Gasteiger partial charge is 0.423 e. The van der Waals surface area contributed by atoms with Crippen LogP contribution in [0.25, 0.3) is 0 Å². The van der Waals surface area contributed by atoms with E-state index in [0.717, 1.165) is 31.4 Å². The first kappa shape index (κ1) is 27.6. The molecule has 16 heteroatoms. The van der Waals surface area contributed by atoms with E-state index < -0.39 is 40.8 Å². The zero-order valence-corrected chi connectivity index (χ0v) is 20.0. The molecule has 2 aromatic rings. The van der Waals surface area contributed by atoms with Crippen molar-refractivity contribution in [2.45, 2.75) is 37.7 Å². The monoisotopic (exact) mass is 549 g/mol. The molecule has 3 heterocycles. The molecule has 10 nitrogen and oxygen atoms in total. The van der Waals surface area contributed by atoms with Crippen LogP contribution in [0.15, 0.2) is 23.4 Å². The van der Waals surface area contributed by atoms with Crippen LogP contribution in [0.2, 0.25) is 0 Å². The zero-order valence-electron chi connectivity index (χ0n) is 20.0. The predicted molar refractivity (Wildman–Crippen MR) is 121 cm³/mol. The lowest BCUT2D eigenvalue weighted by Gasteiger charge is -2.34. The predicted octanol–water partition coefficient (Wildman–Crippen LogP) is 2.54. The molecule has 2 N–H and O–H groups in total. The van der Waals surface area contributed by atoms with E-state index in [1.807, 2.05) is 0 Å². The number of rotatable bonds is 9. The molecule has 1 saturated heterocycles. The molecule has 0 spiro atoms. The summed E-state index contributed by atoms with van der Waals surface area (Å²) in [6.45, 7) is 1.43. The molecule has 1 atom stereocenters. The summed E-state index contributed by atoms with van der Waals surface area (Å²) in [5, 5.41) is 7.98. The van der Waals surface area contributed by atoms with E-state index in [1.54, 1.807) is 14.9 Å². The highest BCUT2D eigenvalue weighted by atomic mass is 19.4. The second kappa shape index (κ2) is 11.1. The number of amides is 1. The molecule has 0 radical (unpaired) electrons. The summed E-state index contributed by atoms with van der Waals surface area (Å²) in [6, 6.07) is -0.484. The van der Waals surface area contributed by atoms with Gasteiger partial charge in [0.2, 0.25) is 11.9 Å². The van der Waals surface area contributed by atoms with Crippen LogP contribution in [0, 0.1) is 5.92 Å². The highest BCUT2D eigenvalue weighted by molar-refractivity contribution is 5.76. The van der Waals surface area contributed by atoms with Gasteiger partial charge in [0.05, 0.1) is 43.1 Å². The number of anilines is 2. The Morgan fingerprint density at radius 1 is 1.05 bits per heavy atom. The molecule has 2 aromatic heterocycles. The Hall–Kier alpha value is -3.43. The lowest BCUT2D eigenvalue weighted by molar-refractivity contribution is -0.139. The third-order valence-corrected chi connectivity index (χ3v) is 6.31. The van der Waals surface area contributed by atoms with Crippen LogP contribution in [-0.4, -0.2) is 76.4 Å². The number of H-pyrrole nitrogens is 1. The molecule has 38 heavy (non-hydrogen) atoms. The third-order valence-electron chi connectivity index (χ3n) is 6.31. The molecule has 208 valence electrons. The highest BCUT2D eigenvalue weighted by Gasteiger charge is 2.39. The second-order valence-electron chi connectivity index (χ2n) is 9.04. The van der Waals surface area contributed by atoms with E-state index in [0.29, 0.717) is 26.2 Å². The number of aromatic amines is 1. The number of halogens is 6. The Kier molecular flexibility index (Phi) is 8.08. The van der Waals surface area contributed by atoms with Gasteiger partial charge >= 0.3 is 12.4 Å². The van der Waals surface area contributed by atoms with Gasteiger partial charge in [0.25, 0.3) is 5.56 Å². The molecule has 1 aliphatic carbocycles. The summed E-state index contributed by atoms with van der Waals surface area (Å²) < 4.78 is 83.6. The number of nitrogens with zero attached hydrogens (tertiary/aromatic N) is 5. The summed E-state index contributed by atoms with van der Waals surface area (Å²) in [7, 11) is 0. The number of hydrogen-bond donors (Lipinski definition) is 2. The topological polar surface area (TPSA) is 116 Å². The fourth-order valence-corrected chi connectivity index (χ4v) is 4.10. The normalized spacial score (nSPS) is 17.4. The molecule has 1 aliphatic heterocycles. The molecule has 0 bridgehead atoms. The fourth-order valence-electron chi connectivity index (χ4n) is 4.10. The standard InChI is InChI=1S/C22H25F6N7O3/c23-21(24,25)14-9-29-20(30-10-14)35-6-4-34(5-7-35)17(36)3-8-38-12-16(13-1-2-13)32-15-11-31-33-19(37)18(15)22(26,27)28/h9-11,13,16H,1-8,12H2,(H2,32,33,37). The number of aromatic nitrogens is 4. The minimum atomic E-state index is -4.86. The van der Waals surface area contributed by atoms with Crippen molar-refractivity contribution in [3.8, 4) is 0 Å². The number of nitrogens with one attached hydrogen (secondary N) is 2. The molecule has 2 aliphatic rings. The van der Waals surface area contributed by atoms with Crippen LogP contribution in [0.3, 0.4) is 0 Å². The van der Waals surface area contributed by atoms with Crippen LogP contribution in [0.1, 0.15) is 30.4 Å². The van der Waals surface area contributed by atoms with Crippen molar-refractivity contribution < 1.29 is 35.9 Å². The first-order valence-corrected chi connectivity index (χ1v) is 11.8. The zero-order chi connectivity index (χ0) is 27.5. The molecule has 2 fully saturated rings. The summed E-state index contributed by atoms with van der Waals surface area (Å²) in [4.78, 5) is 35.1. The fraction of sp³-hybridized carbons (Fsp3) is 0.591. The Morgan fingerprint density at radius 2 is 1.71 bits per heavy atom. The SMILES string of the molecule is O=C(CCOCC(Nc1cn[nH]c(=O)c1C(F)(F)F)C1CC1)N1CCN(c2ncc(C(F)(F)F)cn2)CC1. The van der Waals surface area contributed by atoms with Crippen molar-refractivity contribution in [3.05, 3.63) is 40.1 Å². The summed E-state index contributed by atoms with van der Waals surface area (Å²) in [5.74, 6) is 0.0370. The van der Waals surface area contributed by atoms with Crippen molar-refractivity contribution in [3.63, 3.8) is 0 Å². The van der Waals surface area contributed by atoms with Crippen LogP contribution in [-0.2, 0) is 21.9 Å². The summed E-state index contributed by atoms with van der Waals surface area (Å²) >= 11 is 0. The van der Waals surface area contributed by atoms with Crippen LogP contribution in [0.5, 0.6) is 0 Å². The second-order valence-corrected chi connectivity index (χ2v) is 9.04. The molecular weight excluding hydrogens is 524 g/mol. The van der Waals surface area contributed by atoms with Crippen LogP contribution in [0.4, 0.5) is 38.0 Å². The number of ether oxygens (including phenoxy) is 1. The quantitative estimate of drug-likeness (QED) is 0.362. The number of carbonyl (C=O) groups excluding carboxylic acids is 1. The number of alkyl halides is 6. The van der Waals surface area contributed by atoms with Gasteiger partial charge in [-0.2, -0.15) is 31.4 Å². The average molecular weight is 549 g/mol. The van der Waals surface area contributed by atoms with Crippen molar-refractivity contribution in [2.75, 3.05) is 49.6 Å². The van der Waals surface area contributed by atoms with Crippen molar-refractivity contribution in [1.82, 2.24) is 25.1 Å². The summed E-state index contributed by atoms with van der Waals surface area (Å²) in [6.07, 6.45) is -5.38. The maximum absolute atomic E-state index is 13.3. The Morgan fingerprint density at radius 3 is 2.29 bits per heavy atom. The smallest absolute Gasteiger partial charge is 0.379 e. The maximum atomic E-state index is 13.3. The van der Waals surface area contributed by atoms with E-state index >= 15 is 0 Å². The molecular formula is C22H25F6N7O3. The van der Waals surface area contributed by atoms with Crippen molar-refractivity contribution in [2.24, 2.45) is 5.92 Å². The number of piperazine rings is 1. The Labute approximate surface area is 212 Å². The third kappa shape index (κ3) is 6.90. The molecule has 1 amide bonds. The van der Waals surface area contributed by atoms with Gasteiger partial charge in [0, 0.05) is 38.6 Å². The van der Waals surface area contributed by atoms with E-state index in [9.17, 15) is 35.9 Å². The van der Waals surface area contributed by atoms with Crippen molar-refractivity contribution in [1.29, 1.82) is 0 Å². The average Bonchev–Trinajstić information content (AvgIpc) is 3.70. The maximum Gasteiger partial charge on any atom is 0.423 e. The summed E-state index contributed by atoms with van der Waals surface area (Å²) in [5.41, 5.74) is -4.06.